The predicted molar refractivity (Wildman–Crippen MR) is 62.6 cm³/mol. The van der Waals surface area contributed by atoms with Crippen LogP contribution in [0, 0.1) is 17.1 Å². The summed E-state index contributed by atoms with van der Waals surface area (Å²) < 4.78 is 13.2. The molecule has 0 saturated carbocycles. The first-order valence-corrected chi connectivity index (χ1v) is 5.45. The summed E-state index contributed by atoms with van der Waals surface area (Å²) in [5, 5.41) is 23.7. The van der Waals surface area contributed by atoms with Gasteiger partial charge in [-0.2, -0.15) is 5.26 Å². The summed E-state index contributed by atoms with van der Waals surface area (Å²) in [7, 11) is 0. The lowest BCUT2D eigenvalue weighted by Gasteiger charge is -2.43. The first-order valence-electron chi connectivity index (χ1n) is 5.45. The Morgan fingerprint density at radius 1 is 1.61 bits per heavy atom. The van der Waals surface area contributed by atoms with Gasteiger partial charge in [0, 0.05) is 18.8 Å². The zero-order valence-corrected chi connectivity index (χ0v) is 9.53. The maximum atomic E-state index is 13.2. The van der Waals surface area contributed by atoms with Gasteiger partial charge in [0.05, 0.1) is 17.5 Å². The van der Waals surface area contributed by atoms with Crippen LogP contribution in [0.1, 0.15) is 12.0 Å². The number of halogens is 1. The van der Waals surface area contributed by atoms with Gasteiger partial charge in [-0.25, -0.2) is 4.39 Å². The Kier molecular flexibility index (Phi) is 3.17. The second kappa shape index (κ2) is 4.63. The first kappa shape index (κ1) is 12.3. The molecule has 0 aliphatic carbocycles. The van der Waals surface area contributed by atoms with E-state index in [0.29, 0.717) is 18.8 Å². The lowest BCUT2D eigenvalue weighted by atomic mass is 9.88. The van der Waals surface area contributed by atoms with Crippen molar-refractivity contribution in [3.63, 3.8) is 0 Å². The Morgan fingerprint density at radius 3 is 2.83 bits per heavy atom. The molecule has 1 saturated heterocycles. The predicted octanol–water partition coefficient (Wildman–Crippen LogP) is 0.926. The summed E-state index contributed by atoms with van der Waals surface area (Å²) in [5.41, 5.74) is -0.0652. The Bertz CT molecular complexity index is 521. The second-order valence-electron chi connectivity index (χ2n) is 4.39. The van der Waals surface area contributed by atoms with E-state index in [-0.39, 0.29) is 12.0 Å². The Labute approximate surface area is 103 Å². The van der Waals surface area contributed by atoms with E-state index in [9.17, 15) is 9.18 Å². The van der Waals surface area contributed by atoms with Crippen LogP contribution >= 0.6 is 0 Å². The van der Waals surface area contributed by atoms with Crippen LogP contribution in [0.4, 0.5) is 10.1 Å². The van der Waals surface area contributed by atoms with Crippen LogP contribution < -0.4 is 10.6 Å². The third kappa shape index (κ3) is 2.41. The minimum absolute atomic E-state index is 0.0285. The number of benzene rings is 1. The number of carboxylic acid groups (broad SMARTS) is 1. The number of hydrogen-bond donors (Lipinski definition) is 3. The van der Waals surface area contributed by atoms with Crippen molar-refractivity contribution in [3.8, 4) is 6.07 Å². The normalized spacial score (nSPS) is 16.4. The molecule has 1 heterocycles. The molecule has 0 atom stereocenters. The van der Waals surface area contributed by atoms with Crippen molar-refractivity contribution in [2.24, 2.45) is 0 Å². The zero-order chi connectivity index (χ0) is 13.2. The third-order valence-electron chi connectivity index (χ3n) is 2.91. The number of carboxylic acids is 1. The maximum Gasteiger partial charge on any atom is 0.305 e. The van der Waals surface area contributed by atoms with Crippen LogP contribution in [0.15, 0.2) is 18.2 Å². The quantitative estimate of drug-likeness (QED) is 0.739. The Hall–Kier alpha value is -2.13. The van der Waals surface area contributed by atoms with Crippen LogP contribution in [0.3, 0.4) is 0 Å². The van der Waals surface area contributed by atoms with Crippen molar-refractivity contribution in [1.82, 2.24) is 5.32 Å². The summed E-state index contributed by atoms with van der Waals surface area (Å²) >= 11 is 0. The van der Waals surface area contributed by atoms with Crippen molar-refractivity contribution in [2.45, 2.75) is 12.0 Å². The molecule has 1 aromatic rings. The molecule has 0 radical (unpaired) electrons. The summed E-state index contributed by atoms with van der Waals surface area (Å²) in [4.78, 5) is 10.8. The van der Waals surface area contributed by atoms with Crippen molar-refractivity contribution in [1.29, 1.82) is 5.26 Å². The van der Waals surface area contributed by atoms with Gasteiger partial charge in [-0.3, -0.25) is 4.79 Å². The summed E-state index contributed by atoms with van der Waals surface area (Å²) in [6.07, 6.45) is -0.0285. The largest absolute Gasteiger partial charge is 0.481 e. The van der Waals surface area contributed by atoms with E-state index in [2.05, 4.69) is 10.6 Å². The molecular weight excluding hydrogens is 237 g/mol. The number of anilines is 1. The molecule has 1 aromatic carbocycles. The standard InChI is InChI=1S/C12H12FN3O2/c13-10-2-1-9(3-8(10)5-14)16-12(4-11(17)18)6-15-7-12/h1-3,15-16H,4,6-7H2,(H,17,18). The number of carbonyl (C=O) groups is 1. The van der Waals surface area contributed by atoms with Gasteiger partial charge in [0.15, 0.2) is 0 Å². The molecule has 0 spiro atoms. The van der Waals surface area contributed by atoms with Crippen molar-refractivity contribution in [2.75, 3.05) is 18.4 Å². The van der Waals surface area contributed by atoms with E-state index in [4.69, 9.17) is 10.4 Å². The number of nitriles is 1. The van der Waals surface area contributed by atoms with E-state index in [1.807, 2.05) is 0 Å². The van der Waals surface area contributed by atoms with E-state index in [1.165, 1.54) is 18.2 Å². The van der Waals surface area contributed by atoms with Crippen LogP contribution in [0.2, 0.25) is 0 Å². The molecule has 18 heavy (non-hydrogen) atoms. The molecule has 1 fully saturated rings. The molecule has 5 nitrogen and oxygen atoms in total. The van der Waals surface area contributed by atoms with Gasteiger partial charge in [-0.15, -0.1) is 0 Å². The zero-order valence-electron chi connectivity index (χ0n) is 9.53. The highest BCUT2D eigenvalue weighted by Crippen LogP contribution is 2.24. The molecule has 0 unspecified atom stereocenters. The smallest absolute Gasteiger partial charge is 0.305 e. The van der Waals surface area contributed by atoms with E-state index in [1.54, 1.807) is 6.07 Å². The highest BCUT2D eigenvalue weighted by Gasteiger charge is 2.39. The topological polar surface area (TPSA) is 85.2 Å². The van der Waals surface area contributed by atoms with Gasteiger partial charge in [0.25, 0.3) is 0 Å². The van der Waals surface area contributed by atoms with Crippen molar-refractivity contribution < 1.29 is 14.3 Å². The number of nitrogens with zero attached hydrogens (tertiary/aromatic N) is 1. The molecule has 0 amide bonds. The highest BCUT2D eigenvalue weighted by molar-refractivity contribution is 5.70. The van der Waals surface area contributed by atoms with Gasteiger partial charge in [-0.1, -0.05) is 0 Å². The molecule has 1 aliphatic rings. The Balaban J connectivity index is 2.18. The fourth-order valence-electron chi connectivity index (χ4n) is 1.97. The fraction of sp³-hybridized carbons (Fsp3) is 0.333. The molecule has 2 rings (SSSR count). The monoisotopic (exact) mass is 249 g/mol. The van der Waals surface area contributed by atoms with Gasteiger partial charge in [0.2, 0.25) is 0 Å². The molecule has 3 N–H and O–H groups in total. The van der Waals surface area contributed by atoms with E-state index >= 15 is 0 Å². The van der Waals surface area contributed by atoms with E-state index in [0.717, 1.165) is 0 Å². The van der Waals surface area contributed by atoms with Crippen LogP contribution in [0.5, 0.6) is 0 Å². The number of rotatable bonds is 4. The summed E-state index contributed by atoms with van der Waals surface area (Å²) in [6.45, 7) is 1.05. The van der Waals surface area contributed by atoms with Gasteiger partial charge in [-0.05, 0) is 18.2 Å². The number of hydrogen-bond acceptors (Lipinski definition) is 4. The first-order chi connectivity index (χ1) is 8.54. The molecule has 1 aliphatic heterocycles. The molecule has 0 bridgehead atoms. The molecule has 6 heteroatoms. The van der Waals surface area contributed by atoms with Crippen LogP contribution in [-0.2, 0) is 4.79 Å². The summed E-state index contributed by atoms with van der Waals surface area (Å²) in [6, 6.07) is 5.83. The maximum absolute atomic E-state index is 13.2. The van der Waals surface area contributed by atoms with Gasteiger partial charge >= 0.3 is 5.97 Å². The van der Waals surface area contributed by atoms with Crippen LogP contribution in [0.25, 0.3) is 0 Å². The average Bonchev–Trinajstić information content (AvgIpc) is 2.28. The Morgan fingerprint density at radius 2 is 2.33 bits per heavy atom. The average molecular weight is 249 g/mol. The van der Waals surface area contributed by atoms with Crippen molar-refractivity contribution >= 4 is 11.7 Å². The molecular formula is C12H12FN3O2. The highest BCUT2D eigenvalue weighted by atomic mass is 19.1. The second-order valence-corrected chi connectivity index (χ2v) is 4.39. The van der Waals surface area contributed by atoms with Gasteiger partial charge in [0.1, 0.15) is 11.9 Å². The summed E-state index contributed by atoms with van der Waals surface area (Å²) in [5.74, 6) is -1.48. The fourth-order valence-corrected chi connectivity index (χ4v) is 1.97. The minimum Gasteiger partial charge on any atom is -0.481 e. The van der Waals surface area contributed by atoms with Gasteiger partial charge < -0.3 is 15.7 Å². The molecule has 94 valence electrons. The van der Waals surface area contributed by atoms with Crippen LogP contribution in [-0.4, -0.2) is 29.7 Å². The lowest BCUT2D eigenvalue weighted by molar-refractivity contribution is -0.138. The number of nitrogens with one attached hydrogen (secondary N) is 2. The SMILES string of the molecule is N#Cc1cc(NC2(CC(=O)O)CNC2)ccc1F. The number of aliphatic carboxylic acids is 1. The lowest BCUT2D eigenvalue weighted by Crippen LogP contribution is -2.65. The van der Waals surface area contributed by atoms with Crippen molar-refractivity contribution in [3.05, 3.63) is 29.6 Å². The third-order valence-corrected chi connectivity index (χ3v) is 2.91. The minimum atomic E-state index is -0.897. The van der Waals surface area contributed by atoms with E-state index < -0.39 is 17.3 Å². The molecule has 0 aromatic heterocycles.